The molecule has 4 rings (SSSR count). The Hall–Kier alpha value is -4.13. The van der Waals surface area contributed by atoms with E-state index < -0.39 is 12.1 Å². The molecular weight excluding hydrogens is 432 g/mol. The van der Waals surface area contributed by atoms with Gasteiger partial charge in [0.15, 0.2) is 0 Å². The first kappa shape index (κ1) is 23.0. The van der Waals surface area contributed by atoms with Crippen LogP contribution in [-0.2, 0) is 16.0 Å². The lowest BCUT2D eigenvalue weighted by Crippen LogP contribution is -2.32. The fourth-order valence-electron chi connectivity index (χ4n) is 4.30. The predicted molar refractivity (Wildman–Crippen MR) is 128 cm³/mol. The molecule has 1 aliphatic carbocycles. The second-order valence-corrected chi connectivity index (χ2v) is 8.06. The van der Waals surface area contributed by atoms with Crippen molar-refractivity contribution in [2.24, 2.45) is 0 Å². The number of rotatable bonds is 9. The van der Waals surface area contributed by atoms with Gasteiger partial charge in [0.2, 0.25) is 5.91 Å². The molecule has 3 N–H and O–H groups in total. The molecule has 174 valence electrons. The second kappa shape index (κ2) is 10.7. The van der Waals surface area contributed by atoms with Crippen LogP contribution in [0.5, 0.6) is 0 Å². The highest BCUT2D eigenvalue weighted by atomic mass is 16.5. The van der Waals surface area contributed by atoms with Gasteiger partial charge in [0, 0.05) is 25.4 Å². The molecule has 0 fully saturated rings. The van der Waals surface area contributed by atoms with Crippen molar-refractivity contribution in [2.45, 2.75) is 18.8 Å². The van der Waals surface area contributed by atoms with Crippen LogP contribution in [0.3, 0.4) is 0 Å². The topological polar surface area (TPSA) is 105 Å². The van der Waals surface area contributed by atoms with Gasteiger partial charge in [0.05, 0.1) is 5.56 Å². The molecule has 7 nitrogen and oxygen atoms in total. The van der Waals surface area contributed by atoms with E-state index in [1.807, 2.05) is 24.3 Å². The largest absolute Gasteiger partial charge is 0.478 e. The van der Waals surface area contributed by atoms with E-state index in [0.717, 1.165) is 22.3 Å². The van der Waals surface area contributed by atoms with Gasteiger partial charge in [-0.3, -0.25) is 4.79 Å². The van der Waals surface area contributed by atoms with Gasteiger partial charge in [-0.15, -0.1) is 0 Å². The van der Waals surface area contributed by atoms with Crippen molar-refractivity contribution in [3.05, 3.63) is 95.1 Å². The summed E-state index contributed by atoms with van der Waals surface area (Å²) in [5.74, 6) is -1.24. The molecule has 0 spiro atoms. The van der Waals surface area contributed by atoms with Gasteiger partial charge in [-0.1, -0.05) is 66.7 Å². The van der Waals surface area contributed by atoms with Gasteiger partial charge in [-0.2, -0.15) is 0 Å². The standard InChI is InChI=1S/C27H26N2O5/c30-25(28-15-13-18-7-1-2-8-19(18)26(31)32)14-16-29-27(33)34-17-24-22-11-5-3-9-20(22)21-10-4-6-12-23(21)24/h1-12,24H,13-17H2,(H,28,30)(H,29,33)(H,31,32). The molecule has 2 amide bonds. The van der Waals surface area contributed by atoms with Gasteiger partial charge < -0.3 is 20.5 Å². The van der Waals surface area contributed by atoms with E-state index in [1.54, 1.807) is 18.2 Å². The lowest BCUT2D eigenvalue weighted by Gasteiger charge is -2.14. The predicted octanol–water partition coefficient (Wildman–Crippen LogP) is 3.97. The number of alkyl carbamates (subject to hydrolysis) is 1. The van der Waals surface area contributed by atoms with Crippen molar-refractivity contribution in [3.8, 4) is 11.1 Å². The number of amides is 2. The first-order valence-electron chi connectivity index (χ1n) is 11.2. The number of carboxylic acid groups (broad SMARTS) is 1. The fraction of sp³-hybridized carbons (Fsp3) is 0.222. The van der Waals surface area contributed by atoms with E-state index in [-0.39, 0.29) is 37.0 Å². The lowest BCUT2D eigenvalue weighted by atomic mass is 9.98. The van der Waals surface area contributed by atoms with Crippen molar-refractivity contribution >= 4 is 18.0 Å². The van der Waals surface area contributed by atoms with Gasteiger partial charge >= 0.3 is 12.1 Å². The first-order chi connectivity index (χ1) is 16.5. The van der Waals surface area contributed by atoms with Crippen LogP contribution in [0.1, 0.15) is 39.4 Å². The van der Waals surface area contributed by atoms with Crippen LogP contribution in [0.15, 0.2) is 72.8 Å². The molecule has 0 heterocycles. The number of benzene rings is 3. The Morgan fingerprint density at radius 3 is 2.09 bits per heavy atom. The normalized spacial score (nSPS) is 11.9. The first-order valence-corrected chi connectivity index (χ1v) is 11.2. The van der Waals surface area contributed by atoms with Crippen molar-refractivity contribution in [1.82, 2.24) is 10.6 Å². The number of nitrogens with one attached hydrogen (secondary N) is 2. The van der Waals surface area contributed by atoms with Crippen LogP contribution >= 0.6 is 0 Å². The highest BCUT2D eigenvalue weighted by Crippen LogP contribution is 2.44. The zero-order chi connectivity index (χ0) is 23.9. The molecule has 7 heteroatoms. The van der Waals surface area contributed by atoms with E-state index >= 15 is 0 Å². The molecule has 1 aliphatic rings. The molecule has 34 heavy (non-hydrogen) atoms. The number of carbonyl (C=O) groups excluding carboxylic acids is 2. The minimum atomic E-state index is -0.991. The Balaban J connectivity index is 1.19. The molecule has 0 unspecified atom stereocenters. The number of carbonyl (C=O) groups is 3. The zero-order valence-electron chi connectivity index (χ0n) is 18.6. The summed E-state index contributed by atoms with van der Waals surface area (Å²) in [6.07, 6.45) is -0.0521. The van der Waals surface area contributed by atoms with Crippen LogP contribution in [0.4, 0.5) is 4.79 Å². The summed E-state index contributed by atoms with van der Waals surface area (Å²) in [7, 11) is 0. The molecule has 3 aromatic carbocycles. The van der Waals surface area contributed by atoms with Gasteiger partial charge in [0.1, 0.15) is 6.61 Å². The summed E-state index contributed by atoms with van der Waals surface area (Å²) in [5.41, 5.74) is 5.49. The zero-order valence-corrected chi connectivity index (χ0v) is 18.6. The number of carboxylic acids is 1. The Morgan fingerprint density at radius 2 is 1.41 bits per heavy atom. The molecule has 3 aromatic rings. The Labute approximate surface area is 197 Å². The third kappa shape index (κ3) is 5.26. The molecule has 0 saturated carbocycles. The molecular formula is C27H26N2O5. The highest BCUT2D eigenvalue weighted by molar-refractivity contribution is 5.89. The van der Waals surface area contributed by atoms with E-state index in [1.165, 1.54) is 6.07 Å². The number of hydrogen-bond acceptors (Lipinski definition) is 4. The average molecular weight is 459 g/mol. The lowest BCUT2D eigenvalue weighted by molar-refractivity contribution is -0.120. The number of hydrogen-bond donors (Lipinski definition) is 3. The average Bonchev–Trinajstić information content (AvgIpc) is 3.17. The van der Waals surface area contributed by atoms with Crippen LogP contribution in [-0.4, -0.2) is 42.8 Å². The Bertz CT molecular complexity index is 1160. The molecule has 0 aromatic heterocycles. The molecule has 0 radical (unpaired) electrons. The van der Waals surface area contributed by atoms with Crippen LogP contribution in [0.25, 0.3) is 11.1 Å². The summed E-state index contributed by atoms with van der Waals surface area (Å²) in [4.78, 5) is 35.5. The van der Waals surface area contributed by atoms with Crippen molar-refractivity contribution in [2.75, 3.05) is 19.7 Å². The number of fused-ring (bicyclic) bond motifs is 3. The maximum atomic E-state index is 12.2. The summed E-state index contributed by atoms with van der Waals surface area (Å²) < 4.78 is 5.46. The third-order valence-corrected chi connectivity index (χ3v) is 5.93. The second-order valence-electron chi connectivity index (χ2n) is 8.06. The van der Waals surface area contributed by atoms with E-state index in [0.29, 0.717) is 18.5 Å². The molecule has 0 atom stereocenters. The van der Waals surface area contributed by atoms with Crippen LogP contribution in [0.2, 0.25) is 0 Å². The van der Waals surface area contributed by atoms with Crippen LogP contribution in [0, 0.1) is 0 Å². The van der Waals surface area contributed by atoms with Gasteiger partial charge in [0.25, 0.3) is 0 Å². The fourth-order valence-corrected chi connectivity index (χ4v) is 4.30. The van der Waals surface area contributed by atoms with Gasteiger partial charge in [-0.05, 0) is 40.3 Å². The van der Waals surface area contributed by atoms with Crippen LogP contribution < -0.4 is 10.6 Å². The summed E-state index contributed by atoms with van der Waals surface area (Å²) >= 11 is 0. The minimum absolute atomic E-state index is 0.0184. The van der Waals surface area contributed by atoms with E-state index in [2.05, 4.69) is 34.9 Å². The maximum Gasteiger partial charge on any atom is 0.407 e. The molecule has 0 bridgehead atoms. The third-order valence-electron chi connectivity index (χ3n) is 5.93. The summed E-state index contributed by atoms with van der Waals surface area (Å²) in [6.45, 7) is 0.678. The van der Waals surface area contributed by atoms with E-state index in [9.17, 15) is 19.5 Å². The van der Waals surface area contributed by atoms with E-state index in [4.69, 9.17) is 4.74 Å². The van der Waals surface area contributed by atoms with Crippen molar-refractivity contribution in [1.29, 1.82) is 0 Å². The van der Waals surface area contributed by atoms with Crippen molar-refractivity contribution in [3.63, 3.8) is 0 Å². The SMILES string of the molecule is O=C(CCNC(=O)OCC1c2ccccc2-c2ccccc21)NCCc1ccccc1C(=O)O. The highest BCUT2D eigenvalue weighted by Gasteiger charge is 2.28. The Morgan fingerprint density at radius 1 is 0.794 bits per heavy atom. The number of ether oxygens (including phenoxy) is 1. The maximum absolute atomic E-state index is 12.2. The van der Waals surface area contributed by atoms with Crippen molar-refractivity contribution < 1.29 is 24.2 Å². The quantitative estimate of drug-likeness (QED) is 0.450. The minimum Gasteiger partial charge on any atom is -0.478 e. The summed E-state index contributed by atoms with van der Waals surface area (Å²) in [5, 5.41) is 14.6. The molecule has 0 aliphatic heterocycles. The molecule has 0 saturated heterocycles. The smallest absolute Gasteiger partial charge is 0.407 e. The Kier molecular flexibility index (Phi) is 7.22. The number of aromatic carboxylic acids is 1. The van der Waals surface area contributed by atoms with Gasteiger partial charge in [-0.25, -0.2) is 9.59 Å². The monoisotopic (exact) mass is 458 g/mol. The summed E-state index contributed by atoms with van der Waals surface area (Å²) in [6, 6.07) is 22.9.